The summed E-state index contributed by atoms with van der Waals surface area (Å²) in [6, 6.07) is 8.41. The fourth-order valence-electron chi connectivity index (χ4n) is 3.51. The van der Waals surface area contributed by atoms with Gasteiger partial charge < -0.3 is 19.4 Å². The van der Waals surface area contributed by atoms with Crippen molar-refractivity contribution in [2.24, 2.45) is 0 Å². The van der Waals surface area contributed by atoms with Crippen LogP contribution in [0.2, 0.25) is 0 Å². The van der Waals surface area contributed by atoms with Crippen LogP contribution in [0.3, 0.4) is 0 Å². The quantitative estimate of drug-likeness (QED) is 0.819. The molecule has 148 valence electrons. The van der Waals surface area contributed by atoms with E-state index >= 15 is 0 Å². The van der Waals surface area contributed by atoms with Crippen LogP contribution in [-0.2, 0) is 6.54 Å². The molecule has 0 bridgehead atoms. The third-order valence-electron chi connectivity index (χ3n) is 5.34. The fourth-order valence-corrected chi connectivity index (χ4v) is 3.51. The second kappa shape index (κ2) is 11.5. The van der Waals surface area contributed by atoms with E-state index in [0.717, 1.165) is 51.6 Å². The van der Waals surface area contributed by atoms with Gasteiger partial charge in [0.2, 0.25) is 0 Å². The number of hydrogen-bond donors (Lipinski definition) is 0. The Balaban J connectivity index is 1.97. The van der Waals surface area contributed by atoms with Gasteiger partial charge in [0, 0.05) is 38.3 Å². The number of ether oxygens (including phenoxy) is 1. The number of benzene rings is 1. The molecule has 0 radical (unpaired) electrons. The molecule has 26 heavy (non-hydrogen) atoms. The molecular formula is C21H38N4O. The van der Waals surface area contributed by atoms with Gasteiger partial charge in [-0.15, -0.1) is 0 Å². The molecule has 1 saturated heterocycles. The maximum atomic E-state index is 5.55. The van der Waals surface area contributed by atoms with Gasteiger partial charge in [-0.2, -0.15) is 0 Å². The Kier molecular flexibility index (Phi) is 9.40. The van der Waals surface area contributed by atoms with Gasteiger partial charge in [0.05, 0.1) is 7.11 Å². The number of hydrogen-bond acceptors (Lipinski definition) is 5. The molecule has 5 heteroatoms. The molecular weight excluding hydrogens is 324 g/mol. The Labute approximate surface area is 160 Å². The first-order valence-electron chi connectivity index (χ1n) is 9.98. The first-order chi connectivity index (χ1) is 12.6. The second-order valence-electron chi connectivity index (χ2n) is 7.70. The summed E-state index contributed by atoms with van der Waals surface area (Å²) in [7, 11) is 8.51. The maximum Gasteiger partial charge on any atom is 0.123 e. The van der Waals surface area contributed by atoms with Gasteiger partial charge in [-0.05, 0) is 66.2 Å². The molecule has 1 heterocycles. The lowest BCUT2D eigenvalue weighted by Gasteiger charge is -2.29. The third-order valence-corrected chi connectivity index (χ3v) is 5.34. The molecule has 0 spiro atoms. The number of nitrogens with zero attached hydrogens (tertiary/aromatic N) is 4. The van der Waals surface area contributed by atoms with E-state index in [1.54, 1.807) is 7.11 Å². The summed E-state index contributed by atoms with van der Waals surface area (Å²) >= 11 is 0. The van der Waals surface area contributed by atoms with Gasteiger partial charge in [-0.3, -0.25) is 4.90 Å². The first kappa shape index (κ1) is 21.2. The normalized spacial score (nSPS) is 21.4. The van der Waals surface area contributed by atoms with Crippen molar-refractivity contribution in [1.29, 1.82) is 0 Å². The summed E-state index contributed by atoms with van der Waals surface area (Å²) in [5, 5.41) is 0. The molecule has 5 nitrogen and oxygen atoms in total. The highest BCUT2D eigenvalue weighted by Gasteiger charge is 2.12. The van der Waals surface area contributed by atoms with Crippen molar-refractivity contribution < 1.29 is 4.74 Å². The van der Waals surface area contributed by atoms with Crippen LogP contribution in [0, 0.1) is 0 Å². The zero-order chi connectivity index (χ0) is 18.8. The van der Waals surface area contributed by atoms with Crippen molar-refractivity contribution in [2.45, 2.75) is 19.4 Å². The van der Waals surface area contributed by atoms with Crippen molar-refractivity contribution in [3.05, 3.63) is 29.8 Å². The van der Waals surface area contributed by atoms with Crippen LogP contribution in [0.15, 0.2) is 24.3 Å². The molecule has 2 rings (SSSR count). The predicted octanol–water partition coefficient (Wildman–Crippen LogP) is 2.09. The molecule has 0 aromatic heterocycles. The van der Waals surface area contributed by atoms with Crippen LogP contribution in [0.25, 0.3) is 0 Å². The maximum absolute atomic E-state index is 5.55. The SMILES string of the molecule is COc1ccccc1CN1CCCN(C)CCN(C)CCCN(C)CC1. The molecule has 1 aliphatic heterocycles. The van der Waals surface area contributed by atoms with Crippen LogP contribution in [-0.4, -0.2) is 100 Å². The molecule has 0 amide bonds. The van der Waals surface area contributed by atoms with Crippen molar-refractivity contribution in [3.63, 3.8) is 0 Å². The summed E-state index contributed by atoms with van der Waals surface area (Å²) in [5.74, 6) is 1.00. The molecule has 0 unspecified atom stereocenters. The monoisotopic (exact) mass is 362 g/mol. The van der Waals surface area contributed by atoms with Gasteiger partial charge >= 0.3 is 0 Å². The number of para-hydroxylation sites is 1. The molecule has 0 aliphatic carbocycles. The molecule has 1 aliphatic rings. The average molecular weight is 363 g/mol. The highest BCUT2D eigenvalue weighted by molar-refractivity contribution is 5.33. The van der Waals surface area contributed by atoms with Crippen LogP contribution < -0.4 is 4.74 Å². The van der Waals surface area contributed by atoms with E-state index in [2.05, 4.69) is 58.9 Å². The molecule has 0 N–H and O–H groups in total. The molecule has 1 aromatic rings. The predicted molar refractivity (Wildman–Crippen MR) is 110 cm³/mol. The molecule has 1 aromatic carbocycles. The lowest BCUT2D eigenvalue weighted by molar-refractivity contribution is 0.185. The minimum atomic E-state index is 0.963. The zero-order valence-electron chi connectivity index (χ0n) is 17.3. The second-order valence-corrected chi connectivity index (χ2v) is 7.70. The van der Waals surface area contributed by atoms with Gasteiger partial charge in [0.25, 0.3) is 0 Å². The van der Waals surface area contributed by atoms with E-state index in [1.165, 1.54) is 31.5 Å². The first-order valence-corrected chi connectivity index (χ1v) is 9.98. The zero-order valence-corrected chi connectivity index (χ0v) is 17.3. The van der Waals surface area contributed by atoms with Crippen molar-refractivity contribution in [1.82, 2.24) is 19.6 Å². The topological polar surface area (TPSA) is 22.2 Å². The number of likely N-dealkylation sites (N-methyl/N-ethyl adjacent to an activating group) is 3. The molecule has 1 fully saturated rings. The third kappa shape index (κ3) is 7.62. The average Bonchev–Trinajstić information content (AvgIpc) is 2.64. The van der Waals surface area contributed by atoms with Crippen LogP contribution in [0.1, 0.15) is 18.4 Å². The molecule has 0 atom stereocenters. The van der Waals surface area contributed by atoms with Gasteiger partial charge in [-0.25, -0.2) is 0 Å². The lowest BCUT2D eigenvalue weighted by Crippen LogP contribution is -2.38. The van der Waals surface area contributed by atoms with Crippen LogP contribution >= 0.6 is 0 Å². The minimum absolute atomic E-state index is 0.963. The highest BCUT2D eigenvalue weighted by Crippen LogP contribution is 2.19. The lowest BCUT2D eigenvalue weighted by atomic mass is 10.1. The largest absolute Gasteiger partial charge is 0.496 e. The smallest absolute Gasteiger partial charge is 0.123 e. The Bertz CT molecular complexity index is 511. The van der Waals surface area contributed by atoms with Crippen molar-refractivity contribution in [3.8, 4) is 5.75 Å². The molecule has 0 saturated carbocycles. The minimum Gasteiger partial charge on any atom is -0.496 e. The Morgan fingerprint density at radius 2 is 1.27 bits per heavy atom. The summed E-state index contributed by atoms with van der Waals surface area (Å²) in [4.78, 5) is 9.99. The highest BCUT2D eigenvalue weighted by atomic mass is 16.5. The van der Waals surface area contributed by atoms with E-state index in [4.69, 9.17) is 4.74 Å². The summed E-state index contributed by atoms with van der Waals surface area (Å²) in [5.41, 5.74) is 1.29. The van der Waals surface area contributed by atoms with Gasteiger partial charge in [0.1, 0.15) is 5.75 Å². The van der Waals surface area contributed by atoms with Gasteiger partial charge in [-0.1, -0.05) is 18.2 Å². The summed E-state index contributed by atoms with van der Waals surface area (Å²) in [6.07, 6.45) is 2.45. The van der Waals surface area contributed by atoms with E-state index in [0.29, 0.717) is 0 Å². The number of rotatable bonds is 3. The summed E-state index contributed by atoms with van der Waals surface area (Å²) in [6.45, 7) is 10.1. The fraction of sp³-hybridized carbons (Fsp3) is 0.714. The Hall–Kier alpha value is -1.14. The van der Waals surface area contributed by atoms with Gasteiger partial charge in [0.15, 0.2) is 0 Å². The van der Waals surface area contributed by atoms with E-state index < -0.39 is 0 Å². The standard InChI is InChI=1S/C21H38N4O/c1-22-11-7-12-24(3)17-18-25(14-8-13-23(2)16-15-22)19-20-9-5-6-10-21(20)26-4/h5-6,9-10H,7-8,11-19H2,1-4H3. The number of methoxy groups -OCH3 is 1. The van der Waals surface area contributed by atoms with Crippen LogP contribution in [0.5, 0.6) is 5.75 Å². The Morgan fingerprint density at radius 3 is 1.88 bits per heavy atom. The Morgan fingerprint density at radius 1 is 0.731 bits per heavy atom. The van der Waals surface area contributed by atoms with Crippen molar-refractivity contribution >= 4 is 0 Å². The van der Waals surface area contributed by atoms with Crippen molar-refractivity contribution in [2.75, 3.05) is 80.6 Å². The van der Waals surface area contributed by atoms with E-state index in [9.17, 15) is 0 Å². The van der Waals surface area contributed by atoms with E-state index in [1.807, 2.05) is 6.07 Å². The summed E-state index contributed by atoms with van der Waals surface area (Å²) < 4.78 is 5.55. The van der Waals surface area contributed by atoms with Crippen LogP contribution in [0.4, 0.5) is 0 Å². The van der Waals surface area contributed by atoms with E-state index in [-0.39, 0.29) is 0 Å².